The van der Waals surface area contributed by atoms with Gasteiger partial charge < -0.3 is 14.0 Å². The van der Waals surface area contributed by atoms with Crippen LogP contribution in [-0.2, 0) is 19.5 Å². The molecule has 0 saturated carbocycles. The van der Waals surface area contributed by atoms with Crippen molar-refractivity contribution in [2.45, 2.75) is 33.4 Å². The lowest BCUT2D eigenvalue weighted by molar-refractivity contribution is 0.0949. The molecule has 6 heteroatoms. The topological polar surface area (TPSA) is 43.7 Å². The van der Waals surface area contributed by atoms with E-state index in [9.17, 15) is 4.79 Å². The van der Waals surface area contributed by atoms with Gasteiger partial charge in [0.1, 0.15) is 18.2 Å². The fourth-order valence-electron chi connectivity index (χ4n) is 5.15. The molecule has 2 aliphatic rings. The van der Waals surface area contributed by atoms with E-state index in [1.165, 1.54) is 5.56 Å². The minimum atomic E-state index is -0.0723. The number of ketones is 1. The number of aryl methyl sites for hydroxylation is 2. The SMILES string of the molecule is CCn1cc(/C=C2/Oc3c4c(cc(C)c3C2=O)OCN(CCc2ccc(Cl)cc2)C4)c2ccccc21. The zero-order chi connectivity index (χ0) is 24.8. The summed E-state index contributed by atoms with van der Waals surface area (Å²) in [4.78, 5) is 15.7. The number of nitrogens with zero attached hydrogens (tertiary/aromatic N) is 2. The molecule has 0 unspecified atom stereocenters. The maximum Gasteiger partial charge on any atom is 0.232 e. The molecule has 3 aromatic carbocycles. The van der Waals surface area contributed by atoms with Gasteiger partial charge in [-0.05, 0) is 61.7 Å². The molecule has 0 N–H and O–H groups in total. The summed E-state index contributed by atoms with van der Waals surface area (Å²) < 4.78 is 14.6. The lowest BCUT2D eigenvalue weighted by Crippen LogP contribution is -2.33. The standard InChI is InChI=1S/C30H27ClN2O3/c1-3-33-16-21(23-6-4-5-7-25(23)33)15-27-29(34)28-19(2)14-26-24(30(28)36-27)17-32(18-35-26)13-12-20-8-10-22(31)11-9-20/h4-11,14-16H,3,12-13,17-18H2,1-2H3/b27-15+. The van der Waals surface area contributed by atoms with Crippen molar-refractivity contribution in [1.82, 2.24) is 9.47 Å². The first-order valence-electron chi connectivity index (χ1n) is 12.3. The van der Waals surface area contributed by atoms with Gasteiger partial charge in [-0.15, -0.1) is 0 Å². The van der Waals surface area contributed by atoms with Crippen molar-refractivity contribution in [3.63, 3.8) is 0 Å². The number of hydrogen-bond acceptors (Lipinski definition) is 4. The van der Waals surface area contributed by atoms with Crippen LogP contribution in [0.15, 0.2) is 66.6 Å². The third-order valence-electron chi connectivity index (χ3n) is 7.06. The van der Waals surface area contributed by atoms with E-state index in [0.29, 0.717) is 30.3 Å². The number of Topliss-reactive ketones (excluding diaryl/α,β-unsaturated/α-hetero) is 1. The van der Waals surface area contributed by atoms with Crippen LogP contribution in [0.4, 0.5) is 0 Å². The average molecular weight is 499 g/mol. The Morgan fingerprint density at radius 1 is 1.11 bits per heavy atom. The minimum Gasteiger partial charge on any atom is -0.478 e. The number of fused-ring (bicyclic) bond motifs is 4. The van der Waals surface area contributed by atoms with Crippen molar-refractivity contribution in [2.24, 2.45) is 0 Å². The predicted molar refractivity (Wildman–Crippen MR) is 143 cm³/mol. The Balaban J connectivity index is 1.29. The number of rotatable bonds is 5. The molecule has 182 valence electrons. The molecule has 0 amide bonds. The summed E-state index contributed by atoms with van der Waals surface area (Å²) in [6, 6.07) is 18.1. The molecular weight excluding hydrogens is 472 g/mol. The number of hydrogen-bond donors (Lipinski definition) is 0. The van der Waals surface area contributed by atoms with Crippen molar-refractivity contribution in [1.29, 1.82) is 0 Å². The van der Waals surface area contributed by atoms with Gasteiger partial charge in [-0.25, -0.2) is 0 Å². The van der Waals surface area contributed by atoms with Crippen LogP contribution in [0.5, 0.6) is 11.5 Å². The van der Waals surface area contributed by atoms with E-state index in [0.717, 1.165) is 57.9 Å². The van der Waals surface area contributed by atoms with Gasteiger partial charge >= 0.3 is 0 Å². The van der Waals surface area contributed by atoms with Gasteiger partial charge in [0.2, 0.25) is 5.78 Å². The zero-order valence-electron chi connectivity index (χ0n) is 20.4. The van der Waals surface area contributed by atoms with Crippen molar-refractivity contribution >= 4 is 34.4 Å². The van der Waals surface area contributed by atoms with Crippen molar-refractivity contribution < 1.29 is 14.3 Å². The first-order valence-corrected chi connectivity index (χ1v) is 12.7. The Morgan fingerprint density at radius 2 is 1.92 bits per heavy atom. The van der Waals surface area contributed by atoms with E-state index < -0.39 is 0 Å². The van der Waals surface area contributed by atoms with Crippen molar-refractivity contribution in [3.05, 3.63) is 99.4 Å². The smallest absolute Gasteiger partial charge is 0.232 e. The van der Waals surface area contributed by atoms with E-state index in [4.69, 9.17) is 21.1 Å². The molecule has 4 aromatic rings. The molecule has 0 saturated heterocycles. The molecule has 0 radical (unpaired) electrons. The molecule has 36 heavy (non-hydrogen) atoms. The number of ether oxygens (including phenoxy) is 2. The first-order chi connectivity index (χ1) is 17.5. The number of para-hydroxylation sites is 1. The summed E-state index contributed by atoms with van der Waals surface area (Å²) in [5.74, 6) is 1.72. The van der Waals surface area contributed by atoms with Crippen LogP contribution in [0.2, 0.25) is 5.02 Å². The number of carbonyl (C=O) groups excluding carboxylic acids is 1. The van der Waals surface area contributed by atoms with Gasteiger partial charge in [-0.2, -0.15) is 0 Å². The van der Waals surface area contributed by atoms with E-state index in [2.05, 4.69) is 46.9 Å². The lowest BCUT2D eigenvalue weighted by atomic mass is 9.98. The van der Waals surface area contributed by atoms with E-state index in [1.54, 1.807) is 0 Å². The molecular formula is C30H27ClN2O3. The summed E-state index contributed by atoms with van der Waals surface area (Å²) >= 11 is 6.02. The van der Waals surface area contributed by atoms with Gasteiger partial charge in [-0.1, -0.05) is 41.9 Å². The normalized spacial score (nSPS) is 16.2. The minimum absolute atomic E-state index is 0.0723. The summed E-state index contributed by atoms with van der Waals surface area (Å²) in [6.45, 7) is 6.92. The third kappa shape index (κ3) is 3.98. The number of carbonyl (C=O) groups is 1. The van der Waals surface area contributed by atoms with E-state index in [-0.39, 0.29) is 5.78 Å². The Bertz CT molecular complexity index is 1520. The first kappa shape index (κ1) is 22.9. The van der Waals surface area contributed by atoms with Crippen LogP contribution in [0.3, 0.4) is 0 Å². The average Bonchev–Trinajstić information content (AvgIpc) is 3.42. The zero-order valence-corrected chi connectivity index (χ0v) is 21.1. The van der Waals surface area contributed by atoms with Gasteiger partial charge in [0.15, 0.2) is 5.76 Å². The highest BCUT2D eigenvalue weighted by atomic mass is 35.5. The lowest BCUT2D eigenvalue weighted by Gasteiger charge is -2.30. The fourth-order valence-corrected chi connectivity index (χ4v) is 5.28. The molecule has 0 fully saturated rings. The van der Waals surface area contributed by atoms with Crippen LogP contribution >= 0.6 is 11.6 Å². The van der Waals surface area contributed by atoms with Crippen LogP contribution in [0.25, 0.3) is 17.0 Å². The van der Waals surface area contributed by atoms with E-state index in [1.807, 2.05) is 43.3 Å². The van der Waals surface area contributed by atoms with Gasteiger partial charge in [0, 0.05) is 47.3 Å². The van der Waals surface area contributed by atoms with Gasteiger partial charge in [0.05, 0.1) is 11.1 Å². The van der Waals surface area contributed by atoms with Crippen LogP contribution in [0, 0.1) is 6.92 Å². The third-order valence-corrected chi connectivity index (χ3v) is 7.32. The molecule has 3 heterocycles. The quantitative estimate of drug-likeness (QED) is 0.289. The summed E-state index contributed by atoms with van der Waals surface area (Å²) in [7, 11) is 0. The molecule has 0 spiro atoms. The highest BCUT2D eigenvalue weighted by molar-refractivity contribution is 6.30. The maximum absolute atomic E-state index is 13.5. The second-order valence-electron chi connectivity index (χ2n) is 9.40. The fraction of sp³-hybridized carbons (Fsp3) is 0.233. The van der Waals surface area contributed by atoms with Crippen molar-refractivity contribution in [3.8, 4) is 11.5 Å². The number of allylic oxidation sites excluding steroid dienone is 1. The Morgan fingerprint density at radius 3 is 2.72 bits per heavy atom. The molecule has 0 aliphatic carbocycles. The second kappa shape index (κ2) is 9.16. The molecule has 5 nitrogen and oxygen atoms in total. The number of halogens is 1. The predicted octanol–water partition coefficient (Wildman–Crippen LogP) is 6.63. The molecule has 2 aliphatic heterocycles. The van der Waals surface area contributed by atoms with Gasteiger partial charge in [0.25, 0.3) is 0 Å². The van der Waals surface area contributed by atoms with Crippen molar-refractivity contribution in [2.75, 3.05) is 13.3 Å². The largest absolute Gasteiger partial charge is 0.478 e. The highest BCUT2D eigenvalue weighted by Crippen LogP contribution is 2.44. The monoisotopic (exact) mass is 498 g/mol. The maximum atomic E-state index is 13.5. The summed E-state index contributed by atoms with van der Waals surface area (Å²) in [5.41, 5.74) is 5.81. The van der Waals surface area contributed by atoms with E-state index >= 15 is 0 Å². The second-order valence-corrected chi connectivity index (χ2v) is 9.84. The van der Waals surface area contributed by atoms with Crippen LogP contribution in [-0.4, -0.2) is 28.5 Å². The summed E-state index contributed by atoms with van der Waals surface area (Å²) in [5, 5.41) is 1.85. The number of aromatic nitrogens is 1. The highest BCUT2D eigenvalue weighted by Gasteiger charge is 2.35. The Kier molecular flexibility index (Phi) is 5.82. The molecule has 1 aromatic heterocycles. The molecule has 0 atom stereocenters. The Labute approximate surface area is 215 Å². The number of benzene rings is 3. The van der Waals surface area contributed by atoms with Gasteiger partial charge in [-0.3, -0.25) is 9.69 Å². The van der Waals surface area contributed by atoms with Crippen LogP contribution < -0.4 is 9.47 Å². The molecule has 6 rings (SSSR count). The Hall–Kier alpha value is -3.54. The molecule has 0 bridgehead atoms. The van der Waals surface area contributed by atoms with Crippen LogP contribution in [0.1, 0.15) is 39.5 Å². The summed E-state index contributed by atoms with van der Waals surface area (Å²) in [6.07, 6.45) is 4.85.